The van der Waals surface area contributed by atoms with E-state index in [0.717, 1.165) is 16.7 Å². The molecule has 4 nitrogen and oxygen atoms in total. The van der Waals surface area contributed by atoms with Crippen LogP contribution in [-0.4, -0.2) is 35.9 Å². The number of hydrogen-bond donors (Lipinski definition) is 1. The van der Waals surface area contributed by atoms with Gasteiger partial charge in [0.1, 0.15) is 12.4 Å². The van der Waals surface area contributed by atoms with Gasteiger partial charge in [0, 0.05) is 19.0 Å². The molecule has 0 aliphatic heterocycles. The molecule has 148 valence electrons. The third kappa shape index (κ3) is 4.00. The van der Waals surface area contributed by atoms with Crippen LogP contribution in [0.15, 0.2) is 72.8 Å². The standard InChI is InChI=1S/C24H22FNO3/c25-18-11-9-17(10-12-18)15-26(13-14-27)24(28)29-16-23-21-7-3-1-5-19(21)20-6-2-4-8-22(20)23/h1-12,23,27H,13-16H2. The fourth-order valence-electron chi connectivity index (χ4n) is 3.85. The van der Waals surface area contributed by atoms with E-state index in [4.69, 9.17) is 4.74 Å². The minimum atomic E-state index is -0.495. The number of ether oxygens (including phenoxy) is 1. The Labute approximate surface area is 169 Å². The van der Waals surface area contributed by atoms with Crippen LogP contribution in [-0.2, 0) is 11.3 Å². The molecule has 0 unspecified atom stereocenters. The average Bonchev–Trinajstić information content (AvgIpc) is 3.07. The van der Waals surface area contributed by atoms with Crippen molar-refractivity contribution in [3.63, 3.8) is 0 Å². The molecule has 0 spiro atoms. The molecule has 0 saturated carbocycles. The molecule has 0 atom stereocenters. The highest BCUT2D eigenvalue weighted by Gasteiger charge is 2.29. The molecule has 1 N–H and O–H groups in total. The summed E-state index contributed by atoms with van der Waals surface area (Å²) < 4.78 is 18.8. The van der Waals surface area contributed by atoms with Gasteiger partial charge >= 0.3 is 6.09 Å². The summed E-state index contributed by atoms with van der Waals surface area (Å²) in [7, 11) is 0. The number of halogens is 1. The van der Waals surface area contributed by atoms with E-state index in [-0.39, 0.29) is 38.0 Å². The minimum absolute atomic E-state index is 0.0202. The van der Waals surface area contributed by atoms with E-state index < -0.39 is 6.09 Å². The van der Waals surface area contributed by atoms with Gasteiger partial charge in [0.15, 0.2) is 0 Å². The molecule has 0 saturated heterocycles. The fourth-order valence-corrected chi connectivity index (χ4v) is 3.85. The van der Waals surface area contributed by atoms with Crippen molar-refractivity contribution in [1.82, 2.24) is 4.90 Å². The van der Waals surface area contributed by atoms with E-state index in [1.165, 1.54) is 28.2 Å². The Morgan fingerprint density at radius 1 is 0.931 bits per heavy atom. The maximum atomic E-state index is 13.1. The molecule has 0 heterocycles. The van der Waals surface area contributed by atoms with Crippen LogP contribution in [0.3, 0.4) is 0 Å². The van der Waals surface area contributed by atoms with E-state index in [1.54, 1.807) is 12.1 Å². The summed E-state index contributed by atoms with van der Waals surface area (Å²) >= 11 is 0. The summed E-state index contributed by atoms with van der Waals surface area (Å²) in [4.78, 5) is 14.1. The zero-order valence-electron chi connectivity index (χ0n) is 15.9. The van der Waals surface area contributed by atoms with Crippen molar-refractivity contribution in [2.24, 2.45) is 0 Å². The van der Waals surface area contributed by atoms with E-state index >= 15 is 0 Å². The van der Waals surface area contributed by atoms with Gasteiger partial charge in [-0.1, -0.05) is 60.7 Å². The Bertz CT molecular complexity index is 958. The molecule has 4 rings (SSSR count). The van der Waals surface area contributed by atoms with Gasteiger partial charge in [0.25, 0.3) is 0 Å². The highest BCUT2D eigenvalue weighted by Crippen LogP contribution is 2.44. The Morgan fingerprint density at radius 2 is 1.52 bits per heavy atom. The van der Waals surface area contributed by atoms with Crippen LogP contribution in [0.25, 0.3) is 11.1 Å². The van der Waals surface area contributed by atoms with Crippen molar-refractivity contribution < 1.29 is 19.0 Å². The maximum absolute atomic E-state index is 13.1. The predicted octanol–water partition coefficient (Wildman–Crippen LogP) is 4.57. The first-order valence-electron chi connectivity index (χ1n) is 9.62. The SMILES string of the molecule is O=C(OCC1c2ccccc2-c2ccccc21)N(CCO)Cc1ccc(F)cc1. The molecule has 29 heavy (non-hydrogen) atoms. The zero-order chi connectivity index (χ0) is 20.2. The quantitative estimate of drug-likeness (QED) is 0.670. The molecule has 1 aliphatic rings. The number of amides is 1. The van der Waals surface area contributed by atoms with Gasteiger partial charge in [-0.15, -0.1) is 0 Å². The third-order valence-electron chi connectivity index (χ3n) is 5.25. The summed E-state index contributed by atoms with van der Waals surface area (Å²) in [5.74, 6) is -0.350. The lowest BCUT2D eigenvalue weighted by molar-refractivity contribution is 0.0891. The van der Waals surface area contributed by atoms with Crippen molar-refractivity contribution >= 4 is 6.09 Å². The van der Waals surface area contributed by atoms with Gasteiger partial charge in [0.05, 0.1) is 6.61 Å². The predicted molar refractivity (Wildman–Crippen MR) is 109 cm³/mol. The highest BCUT2D eigenvalue weighted by atomic mass is 19.1. The molecule has 1 amide bonds. The Balaban J connectivity index is 1.48. The third-order valence-corrected chi connectivity index (χ3v) is 5.25. The van der Waals surface area contributed by atoms with E-state index in [0.29, 0.717) is 0 Å². The number of rotatable bonds is 6. The average molecular weight is 391 g/mol. The second kappa shape index (κ2) is 8.45. The van der Waals surface area contributed by atoms with Crippen molar-refractivity contribution in [2.45, 2.75) is 12.5 Å². The van der Waals surface area contributed by atoms with Crippen molar-refractivity contribution in [3.05, 3.63) is 95.3 Å². The number of nitrogens with zero attached hydrogens (tertiary/aromatic N) is 1. The normalized spacial score (nSPS) is 12.3. The molecular formula is C24H22FNO3. The molecular weight excluding hydrogens is 369 g/mol. The summed E-state index contributed by atoms with van der Waals surface area (Å²) in [5.41, 5.74) is 5.40. The number of aliphatic hydroxyl groups excluding tert-OH is 1. The number of carbonyl (C=O) groups is 1. The van der Waals surface area contributed by atoms with Crippen LogP contribution >= 0.6 is 0 Å². The van der Waals surface area contributed by atoms with Crippen molar-refractivity contribution in [3.8, 4) is 11.1 Å². The lowest BCUT2D eigenvalue weighted by Gasteiger charge is -2.23. The second-order valence-corrected chi connectivity index (χ2v) is 7.08. The van der Waals surface area contributed by atoms with Crippen molar-refractivity contribution in [2.75, 3.05) is 19.8 Å². The molecule has 3 aromatic carbocycles. The fraction of sp³-hybridized carbons (Fsp3) is 0.208. The first-order chi connectivity index (χ1) is 14.2. The maximum Gasteiger partial charge on any atom is 0.410 e. The van der Waals surface area contributed by atoms with Gasteiger partial charge in [-0.05, 0) is 39.9 Å². The van der Waals surface area contributed by atoms with Crippen LogP contribution in [0.5, 0.6) is 0 Å². The van der Waals surface area contributed by atoms with Crippen LogP contribution in [0.1, 0.15) is 22.6 Å². The van der Waals surface area contributed by atoms with Gasteiger partial charge < -0.3 is 14.7 Å². The summed E-state index contributed by atoms with van der Waals surface area (Å²) in [6, 6.07) is 22.3. The summed E-state index contributed by atoms with van der Waals surface area (Å²) in [6.07, 6.45) is -0.495. The molecule has 0 fully saturated rings. The molecule has 5 heteroatoms. The Kier molecular flexibility index (Phi) is 5.58. The number of carbonyl (C=O) groups excluding carboxylic acids is 1. The van der Waals surface area contributed by atoms with Crippen LogP contribution in [0.2, 0.25) is 0 Å². The van der Waals surface area contributed by atoms with E-state index in [1.807, 2.05) is 24.3 Å². The molecule has 0 bridgehead atoms. The molecule has 0 radical (unpaired) electrons. The van der Waals surface area contributed by atoms with Gasteiger partial charge in [-0.2, -0.15) is 0 Å². The van der Waals surface area contributed by atoms with E-state index in [9.17, 15) is 14.3 Å². The zero-order valence-corrected chi connectivity index (χ0v) is 15.9. The van der Waals surface area contributed by atoms with Crippen LogP contribution in [0.4, 0.5) is 9.18 Å². The molecule has 1 aliphatic carbocycles. The monoisotopic (exact) mass is 391 g/mol. The topological polar surface area (TPSA) is 49.8 Å². The number of fused-ring (bicyclic) bond motifs is 3. The largest absolute Gasteiger partial charge is 0.448 e. The summed E-state index contributed by atoms with van der Waals surface area (Å²) in [6.45, 7) is 0.440. The minimum Gasteiger partial charge on any atom is -0.448 e. The van der Waals surface area contributed by atoms with Gasteiger partial charge in [0.2, 0.25) is 0 Å². The second-order valence-electron chi connectivity index (χ2n) is 7.08. The highest BCUT2D eigenvalue weighted by molar-refractivity contribution is 5.79. The molecule has 0 aromatic heterocycles. The Hall–Kier alpha value is -3.18. The first kappa shape index (κ1) is 19.2. The van der Waals surface area contributed by atoms with Gasteiger partial charge in [-0.25, -0.2) is 9.18 Å². The van der Waals surface area contributed by atoms with Crippen LogP contribution in [0, 0.1) is 5.82 Å². The molecule has 3 aromatic rings. The lowest BCUT2D eigenvalue weighted by Crippen LogP contribution is -2.34. The number of hydrogen-bond acceptors (Lipinski definition) is 3. The first-order valence-corrected chi connectivity index (χ1v) is 9.62. The Morgan fingerprint density at radius 3 is 2.10 bits per heavy atom. The lowest BCUT2D eigenvalue weighted by atomic mass is 9.98. The summed E-state index contributed by atoms with van der Waals surface area (Å²) in [5, 5.41) is 9.34. The number of benzene rings is 3. The van der Waals surface area contributed by atoms with Crippen LogP contribution < -0.4 is 0 Å². The van der Waals surface area contributed by atoms with E-state index in [2.05, 4.69) is 24.3 Å². The smallest absolute Gasteiger partial charge is 0.410 e. The van der Waals surface area contributed by atoms with Crippen molar-refractivity contribution in [1.29, 1.82) is 0 Å². The van der Waals surface area contributed by atoms with Gasteiger partial charge in [-0.3, -0.25) is 0 Å². The number of aliphatic hydroxyl groups is 1.